The Bertz CT molecular complexity index is 1020. The Morgan fingerprint density at radius 2 is 2.13 bits per heavy atom. The second-order valence-corrected chi connectivity index (χ2v) is 7.64. The van der Waals surface area contributed by atoms with E-state index in [4.69, 9.17) is 25.6 Å². The maximum absolute atomic E-state index is 13.0. The van der Waals surface area contributed by atoms with Crippen LogP contribution in [0.5, 0.6) is 11.5 Å². The van der Waals surface area contributed by atoms with Gasteiger partial charge < -0.3 is 19.3 Å². The standard InChI is InChI=1S/C22H25ClN4O4/c1-5-9-30-19-16(23)10-15(11-17(19)29-4)21(28)25-18(13(2)3)22-26-20(27-31-22)14-7-6-8-24-12-14/h6-8,10-13,18H,5,9H2,1-4H3,(H,25,28). The van der Waals surface area contributed by atoms with E-state index in [9.17, 15) is 4.79 Å². The van der Waals surface area contributed by atoms with Gasteiger partial charge in [-0.25, -0.2) is 0 Å². The minimum absolute atomic E-state index is 0.00400. The molecular formula is C22H25ClN4O4. The molecule has 1 atom stereocenters. The third-order valence-corrected chi connectivity index (χ3v) is 4.80. The highest BCUT2D eigenvalue weighted by atomic mass is 35.5. The number of benzene rings is 1. The van der Waals surface area contributed by atoms with Gasteiger partial charge in [0.1, 0.15) is 6.04 Å². The van der Waals surface area contributed by atoms with E-state index in [1.54, 1.807) is 30.6 Å². The molecule has 0 aliphatic heterocycles. The number of pyridine rings is 1. The fourth-order valence-corrected chi connectivity index (χ4v) is 3.17. The molecule has 8 nitrogen and oxygen atoms in total. The van der Waals surface area contributed by atoms with Gasteiger partial charge in [0, 0.05) is 23.5 Å². The first-order valence-electron chi connectivity index (χ1n) is 9.99. The van der Waals surface area contributed by atoms with Gasteiger partial charge in [0.15, 0.2) is 11.5 Å². The summed E-state index contributed by atoms with van der Waals surface area (Å²) in [5, 5.41) is 7.27. The first-order chi connectivity index (χ1) is 14.9. The molecule has 0 spiro atoms. The fourth-order valence-electron chi connectivity index (χ4n) is 2.91. The van der Waals surface area contributed by atoms with Crippen LogP contribution in [0.2, 0.25) is 5.02 Å². The molecule has 31 heavy (non-hydrogen) atoms. The maximum atomic E-state index is 13.0. The van der Waals surface area contributed by atoms with E-state index in [-0.39, 0.29) is 11.8 Å². The molecule has 2 aromatic heterocycles. The topological polar surface area (TPSA) is 99.4 Å². The summed E-state index contributed by atoms with van der Waals surface area (Å²) in [7, 11) is 1.50. The molecule has 1 aromatic carbocycles. The Kier molecular flexibility index (Phi) is 7.46. The molecule has 1 unspecified atom stereocenters. The summed E-state index contributed by atoms with van der Waals surface area (Å²) in [6.45, 7) is 6.39. The molecule has 3 rings (SSSR count). The smallest absolute Gasteiger partial charge is 0.252 e. The van der Waals surface area contributed by atoms with E-state index in [0.29, 0.717) is 40.4 Å². The van der Waals surface area contributed by atoms with Crippen LogP contribution in [-0.2, 0) is 0 Å². The van der Waals surface area contributed by atoms with Gasteiger partial charge in [-0.1, -0.05) is 37.5 Å². The van der Waals surface area contributed by atoms with Crippen molar-refractivity contribution in [2.24, 2.45) is 5.92 Å². The molecule has 0 aliphatic rings. The monoisotopic (exact) mass is 444 g/mol. The van der Waals surface area contributed by atoms with E-state index < -0.39 is 6.04 Å². The molecule has 9 heteroatoms. The van der Waals surface area contributed by atoms with Crippen LogP contribution < -0.4 is 14.8 Å². The molecule has 1 amide bonds. The normalized spacial score (nSPS) is 11.9. The van der Waals surface area contributed by atoms with E-state index >= 15 is 0 Å². The van der Waals surface area contributed by atoms with Crippen LogP contribution in [0.4, 0.5) is 0 Å². The Morgan fingerprint density at radius 3 is 2.77 bits per heavy atom. The van der Waals surface area contributed by atoms with Gasteiger partial charge in [0.2, 0.25) is 11.7 Å². The van der Waals surface area contributed by atoms with Crippen LogP contribution in [0, 0.1) is 5.92 Å². The van der Waals surface area contributed by atoms with Gasteiger partial charge in [-0.2, -0.15) is 4.98 Å². The average molecular weight is 445 g/mol. The van der Waals surface area contributed by atoms with Gasteiger partial charge >= 0.3 is 0 Å². The highest BCUT2D eigenvalue weighted by Crippen LogP contribution is 2.37. The number of ether oxygens (including phenoxy) is 2. The second kappa shape index (κ2) is 10.3. The van der Waals surface area contributed by atoms with Crippen molar-refractivity contribution in [3.8, 4) is 22.9 Å². The van der Waals surface area contributed by atoms with Crippen molar-refractivity contribution in [3.05, 3.63) is 53.1 Å². The van der Waals surface area contributed by atoms with Crippen molar-refractivity contribution in [2.45, 2.75) is 33.2 Å². The van der Waals surface area contributed by atoms with Gasteiger partial charge in [0.05, 0.1) is 18.7 Å². The molecule has 0 bridgehead atoms. The third-order valence-electron chi connectivity index (χ3n) is 4.52. The third kappa shape index (κ3) is 5.32. The summed E-state index contributed by atoms with van der Waals surface area (Å²) < 4.78 is 16.5. The SMILES string of the molecule is CCCOc1c(Cl)cc(C(=O)NC(c2nc(-c3cccnc3)no2)C(C)C)cc1OC. The highest BCUT2D eigenvalue weighted by molar-refractivity contribution is 6.32. The summed E-state index contributed by atoms with van der Waals surface area (Å²) >= 11 is 6.35. The Hall–Kier alpha value is -3.13. The molecule has 1 N–H and O–H groups in total. The first kappa shape index (κ1) is 22.6. The molecular weight excluding hydrogens is 420 g/mol. The lowest BCUT2D eigenvalue weighted by Crippen LogP contribution is -2.32. The van der Waals surface area contributed by atoms with Crippen LogP contribution in [-0.4, -0.2) is 34.7 Å². The highest BCUT2D eigenvalue weighted by Gasteiger charge is 2.26. The summed E-state index contributed by atoms with van der Waals surface area (Å²) in [4.78, 5) is 21.5. The summed E-state index contributed by atoms with van der Waals surface area (Å²) in [5.41, 5.74) is 1.06. The molecule has 164 valence electrons. The minimum atomic E-state index is -0.494. The van der Waals surface area contributed by atoms with Gasteiger partial charge in [-0.05, 0) is 36.6 Å². The Labute approximate surface area is 185 Å². The van der Waals surface area contributed by atoms with Crippen molar-refractivity contribution in [2.75, 3.05) is 13.7 Å². The number of rotatable bonds is 9. The fraction of sp³-hybridized carbons (Fsp3) is 0.364. The first-order valence-corrected chi connectivity index (χ1v) is 10.4. The number of nitrogens with zero attached hydrogens (tertiary/aromatic N) is 3. The predicted octanol–water partition coefficient (Wildman–Crippen LogP) is 4.71. The van der Waals surface area contributed by atoms with Gasteiger partial charge in [-0.15, -0.1) is 0 Å². The zero-order valence-corrected chi connectivity index (χ0v) is 18.6. The Morgan fingerprint density at radius 1 is 1.32 bits per heavy atom. The molecule has 0 aliphatic carbocycles. The van der Waals surface area contributed by atoms with Crippen molar-refractivity contribution in [1.29, 1.82) is 0 Å². The lowest BCUT2D eigenvalue weighted by molar-refractivity contribution is 0.0913. The number of methoxy groups -OCH3 is 1. The molecule has 2 heterocycles. The average Bonchev–Trinajstić information content (AvgIpc) is 3.26. The number of carbonyl (C=O) groups excluding carboxylic acids is 1. The van der Waals surface area contributed by atoms with Crippen LogP contribution in [0.15, 0.2) is 41.2 Å². The van der Waals surface area contributed by atoms with E-state index in [1.165, 1.54) is 7.11 Å². The summed E-state index contributed by atoms with van der Waals surface area (Å²) in [6, 6.07) is 6.28. The molecule has 0 saturated carbocycles. The molecule has 3 aromatic rings. The van der Waals surface area contributed by atoms with Crippen LogP contribution in [0.25, 0.3) is 11.4 Å². The zero-order valence-electron chi connectivity index (χ0n) is 17.9. The lowest BCUT2D eigenvalue weighted by Gasteiger charge is -2.19. The largest absolute Gasteiger partial charge is 0.493 e. The summed E-state index contributed by atoms with van der Waals surface area (Å²) in [6.07, 6.45) is 4.14. The van der Waals surface area contributed by atoms with Crippen molar-refractivity contribution in [3.63, 3.8) is 0 Å². The predicted molar refractivity (Wildman–Crippen MR) is 116 cm³/mol. The number of nitrogens with one attached hydrogen (secondary N) is 1. The quantitative estimate of drug-likeness (QED) is 0.510. The second-order valence-electron chi connectivity index (χ2n) is 7.23. The van der Waals surface area contributed by atoms with Crippen molar-refractivity contribution in [1.82, 2.24) is 20.4 Å². The van der Waals surface area contributed by atoms with E-state index in [1.807, 2.05) is 26.8 Å². The summed E-state index contributed by atoms with van der Waals surface area (Å²) in [5.74, 6) is 1.18. The van der Waals surface area contributed by atoms with E-state index in [0.717, 1.165) is 12.0 Å². The lowest BCUT2D eigenvalue weighted by atomic mass is 10.0. The number of aromatic nitrogens is 3. The van der Waals surface area contributed by atoms with Crippen LogP contribution in [0.3, 0.4) is 0 Å². The van der Waals surface area contributed by atoms with Gasteiger partial charge in [0.25, 0.3) is 5.91 Å². The van der Waals surface area contributed by atoms with Crippen LogP contribution in [0.1, 0.15) is 49.5 Å². The van der Waals surface area contributed by atoms with Crippen molar-refractivity contribution >= 4 is 17.5 Å². The van der Waals surface area contributed by atoms with Crippen molar-refractivity contribution < 1.29 is 18.8 Å². The maximum Gasteiger partial charge on any atom is 0.252 e. The molecule has 0 fully saturated rings. The van der Waals surface area contributed by atoms with E-state index in [2.05, 4.69) is 20.4 Å². The number of hydrogen-bond donors (Lipinski definition) is 1. The van der Waals surface area contributed by atoms with Gasteiger partial charge in [-0.3, -0.25) is 9.78 Å². The number of amides is 1. The minimum Gasteiger partial charge on any atom is -0.493 e. The van der Waals surface area contributed by atoms with Crippen LogP contribution >= 0.6 is 11.6 Å². The number of halogens is 1. The number of hydrogen-bond acceptors (Lipinski definition) is 7. The number of carbonyl (C=O) groups is 1. The Balaban J connectivity index is 1.83. The molecule has 0 saturated heterocycles. The molecule has 0 radical (unpaired) electrons. The zero-order chi connectivity index (χ0) is 22.4.